The van der Waals surface area contributed by atoms with Crippen LogP contribution >= 0.6 is 0 Å². The van der Waals surface area contributed by atoms with E-state index in [1.807, 2.05) is 44.3 Å². The summed E-state index contributed by atoms with van der Waals surface area (Å²) >= 11 is 0. The van der Waals surface area contributed by atoms with Crippen molar-refractivity contribution in [3.05, 3.63) is 63.7 Å². The van der Waals surface area contributed by atoms with Gasteiger partial charge in [0.2, 0.25) is 0 Å². The van der Waals surface area contributed by atoms with Crippen molar-refractivity contribution in [1.82, 2.24) is 9.97 Å². The number of aromatic amines is 1. The minimum Gasteiger partial charge on any atom is -0.319 e. The van der Waals surface area contributed by atoms with Gasteiger partial charge in [-0.05, 0) is 43.2 Å². The molecule has 21 heavy (non-hydrogen) atoms. The molecule has 0 amide bonds. The van der Waals surface area contributed by atoms with E-state index in [9.17, 15) is 4.79 Å². The van der Waals surface area contributed by atoms with E-state index in [0.29, 0.717) is 18.1 Å². The smallest absolute Gasteiger partial charge is 0.274 e. The number of rotatable bonds is 2. The Hall–Kier alpha value is -2.69. The highest BCUT2D eigenvalue weighted by atomic mass is 16.1. The van der Waals surface area contributed by atoms with Gasteiger partial charge in [0.1, 0.15) is 12.2 Å². The molecule has 3 N–H and O–H groups in total. The van der Waals surface area contributed by atoms with Crippen LogP contribution in [0.15, 0.2) is 41.3 Å². The summed E-state index contributed by atoms with van der Waals surface area (Å²) in [5.41, 5.74) is 10.0. The highest BCUT2D eigenvalue weighted by molar-refractivity contribution is 5.76. The third kappa shape index (κ3) is 2.50. The zero-order valence-electron chi connectivity index (χ0n) is 12.1. The highest BCUT2D eigenvalue weighted by Crippen LogP contribution is 2.14. The molecule has 1 aromatic carbocycles. The van der Waals surface area contributed by atoms with Crippen molar-refractivity contribution < 1.29 is 4.57 Å². The third-order valence-electron chi connectivity index (χ3n) is 3.67. The molecule has 0 bridgehead atoms. The van der Waals surface area contributed by atoms with E-state index in [0.717, 1.165) is 22.2 Å². The number of aryl methyl sites for hydroxylation is 2. The Morgan fingerprint density at radius 3 is 2.76 bits per heavy atom. The summed E-state index contributed by atoms with van der Waals surface area (Å²) in [6.07, 6.45) is 1.83. The second-order valence-electron chi connectivity index (χ2n) is 5.22. The van der Waals surface area contributed by atoms with Crippen LogP contribution in [0.25, 0.3) is 11.0 Å². The number of anilines is 1. The van der Waals surface area contributed by atoms with E-state index in [1.54, 1.807) is 10.6 Å². The van der Waals surface area contributed by atoms with Gasteiger partial charge in [-0.15, -0.1) is 0 Å². The van der Waals surface area contributed by atoms with E-state index in [4.69, 9.17) is 5.73 Å². The predicted octanol–water partition coefficient (Wildman–Crippen LogP) is 1.46. The molecule has 0 saturated heterocycles. The van der Waals surface area contributed by atoms with Crippen LogP contribution in [-0.2, 0) is 6.54 Å². The quantitative estimate of drug-likeness (QED) is 0.698. The fourth-order valence-electron chi connectivity index (χ4n) is 2.29. The van der Waals surface area contributed by atoms with Crippen LogP contribution in [0.4, 0.5) is 5.82 Å². The minimum atomic E-state index is -0.179. The van der Waals surface area contributed by atoms with Crippen LogP contribution in [0.5, 0.6) is 0 Å². The molecular formula is C16H17N4O+. The van der Waals surface area contributed by atoms with Crippen molar-refractivity contribution in [2.75, 3.05) is 5.73 Å². The van der Waals surface area contributed by atoms with Gasteiger partial charge in [-0.1, -0.05) is 6.07 Å². The Labute approximate surface area is 122 Å². The van der Waals surface area contributed by atoms with Crippen molar-refractivity contribution >= 4 is 16.9 Å². The molecule has 0 fully saturated rings. The number of nitrogen functional groups attached to an aromatic ring is 1. The van der Waals surface area contributed by atoms with Gasteiger partial charge in [0.05, 0.1) is 17.2 Å². The van der Waals surface area contributed by atoms with Crippen molar-refractivity contribution in [3.63, 3.8) is 0 Å². The highest BCUT2D eigenvalue weighted by Gasteiger charge is 2.11. The molecule has 0 atom stereocenters. The molecule has 0 spiro atoms. The first-order valence-corrected chi connectivity index (χ1v) is 6.78. The van der Waals surface area contributed by atoms with E-state index in [2.05, 4.69) is 9.97 Å². The van der Waals surface area contributed by atoms with Gasteiger partial charge >= 0.3 is 0 Å². The lowest BCUT2D eigenvalue weighted by Crippen LogP contribution is -2.39. The molecule has 3 aromatic rings. The molecule has 5 nitrogen and oxygen atoms in total. The van der Waals surface area contributed by atoms with Crippen LogP contribution in [0, 0.1) is 13.8 Å². The molecule has 0 unspecified atom stereocenters. The van der Waals surface area contributed by atoms with Gasteiger partial charge in [-0.25, -0.2) is 9.55 Å². The second kappa shape index (κ2) is 5.01. The number of H-pyrrole nitrogens is 1. The standard InChI is InChI=1S/C16H16N4O/c1-10-7-12-13(8-11(10)2)19-16(21)14(18-12)9-20-6-4-3-5-15(20)17/h3-8,17H,9H2,1-2H3,(H,19,21)/p+1. The van der Waals surface area contributed by atoms with E-state index in [1.165, 1.54) is 0 Å². The third-order valence-corrected chi connectivity index (χ3v) is 3.67. The number of nitrogens with one attached hydrogen (secondary N) is 1. The van der Waals surface area contributed by atoms with Crippen molar-refractivity contribution in [1.29, 1.82) is 0 Å². The summed E-state index contributed by atoms with van der Waals surface area (Å²) < 4.78 is 1.80. The van der Waals surface area contributed by atoms with Crippen molar-refractivity contribution in [2.24, 2.45) is 0 Å². The van der Waals surface area contributed by atoms with E-state index < -0.39 is 0 Å². The van der Waals surface area contributed by atoms with Gasteiger partial charge in [-0.2, -0.15) is 0 Å². The molecule has 2 aromatic heterocycles. The number of hydrogen-bond donors (Lipinski definition) is 2. The lowest BCUT2D eigenvalue weighted by Gasteiger charge is -2.06. The van der Waals surface area contributed by atoms with E-state index >= 15 is 0 Å². The number of fused-ring (bicyclic) bond motifs is 1. The molecule has 106 valence electrons. The topological polar surface area (TPSA) is 75.7 Å². The molecule has 2 heterocycles. The lowest BCUT2D eigenvalue weighted by molar-refractivity contribution is -0.674. The SMILES string of the molecule is Cc1cc2nc(C[n+]3ccccc3N)c(=O)[nH]c2cc1C. The Morgan fingerprint density at radius 1 is 1.24 bits per heavy atom. The number of aromatic nitrogens is 3. The molecule has 5 heteroatoms. The van der Waals surface area contributed by atoms with Crippen molar-refractivity contribution in [3.8, 4) is 0 Å². The number of hydrogen-bond acceptors (Lipinski definition) is 3. The molecule has 0 radical (unpaired) electrons. The van der Waals surface area contributed by atoms with Gasteiger partial charge in [-0.3, -0.25) is 10.5 Å². The first-order chi connectivity index (χ1) is 10.0. The predicted molar refractivity (Wildman–Crippen MR) is 82.0 cm³/mol. The molecular weight excluding hydrogens is 264 g/mol. The lowest BCUT2D eigenvalue weighted by atomic mass is 10.1. The Kier molecular flexibility index (Phi) is 3.17. The Bertz CT molecular complexity index is 883. The fraction of sp³-hybridized carbons (Fsp3) is 0.188. The van der Waals surface area contributed by atoms with E-state index in [-0.39, 0.29) is 5.56 Å². The number of benzene rings is 1. The summed E-state index contributed by atoms with van der Waals surface area (Å²) in [4.78, 5) is 19.6. The molecule has 0 aliphatic rings. The number of nitrogens with two attached hydrogens (primary N) is 1. The number of pyridine rings is 1. The minimum absolute atomic E-state index is 0.179. The van der Waals surface area contributed by atoms with Crippen LogP contribution in [0.2, 0.25) is 0 Å². The summed E-state index contributed by atoms with van der Waals surface area (Å²) in [6.45, 7) is 4.40. The first-order valence-electron chi connectivity index (χ1n) is 6.78. The van der Waals surface area contributed by atoms with Gasteiger partial charge in [0.15, 0.2) is 0 Å². The number of nitrogens with zero attached hydrogens (tertiary/aromatic N) is 2. The zero-order valence-corrected chi connectivity index (χ0v) is 12.1. The summed E-state index contributed by atoms with van der Waals surface area (Å²) in [5, 5.41) is 0. The van der Waals surface area contributed by atoms with Gasteiger partial charge in [0.25, 0.3) is 11.4 Å². The van der Waals surface area contributed by atoms with Crippen LogP contribution in [0.3, 0.4) is 0 Å². The largest absolute Gasteiger partial charge is 0.319 e. The second-order valence-corrected chi connectivity index (χ2v) is 5.22. The summed E-state index contributed by atoms with van der Waals surface area (Å²) in [5.74, 6) is 0.596. The summed E-state index contributed by atoms with van der Waals surface area (Å²) in [7, 11) is 0. The van der Waals surface area contributed by atoms with Crippen molar-refractivity contribution in [2.45, 2.75) is 20.4 Å². The molecule has 3 rings (SSSR count). The maximum absolute atomic E-state index is 12.2. The van der Waals surface area contributed by atoms with Crippen LogP contribution in [-0.4, -0.2) is 9.97 Å². The first kappa shape index (κ1) is 13.3. The zero-order chi connectivity index (χ0) is 15.0. The normalized spacial score (nSPS) is 11.0. The summed E-state index contributed by atoms with van der Waals surface area (Å²) in [6, 6.07) is 9.47. The monoisotopic (exact) mass is 281 g/mol. The van der Waals surface area contributed by atoms with Crippen LogP contribution < -0.4 is 15.9 Å². The Balaban J connectivity index is 2.11. The molecule has 0 aliphatic carbocycles. The average Bonchev–Trinajstić information content (AvgIpc) is 2.44. The van der Waals surface area contributed by atoms with Gasteiger partial charge < -0.3 is 4.98 Å². The fourth-order valence-corrected chi connectivity index (χ4v) is 2.29. The molecule has 0 saturated carbocycles. The Morgan fingerprint density at radius 2 is 2.00 bits per heavy atom. The van der Waals surface area contributed by atoms with Gasteiger partial charge in [0, 0.05) is 6.07 Å². The average molecular weight is 281 g/mol. The maximum atomic E-state index is 12.2. The maximum Gasteiger partial charge on any atom is 0.274 e. The van der Waals surface area contributed by atoms with Crippen LogP contribution in [0.1, 0.15) is 16.8 Å². The molecule has 0 aliphatic heterocycles.